The van der Waals surface area contributed by atoms with E-state index in [1.165, 1.54) is 0 Å². The maximum atomic E-state index is 11.9. The fraction of sp³-hybridized carbons (Fsp3) is 0.500. The maximum absolute atomic E-state index is 11.9. The lowest BCUT2D eigenvalue weighted by atomic mass is 10.0. The minimum absolute atomic E-state index is 0.103. The first kappa shape index (κ1) is 14.3. The van der Waals surface area contributed by atoms with Crippen LogP contribution in [0, 0.1) is 5.92 Å². The summed E-state index contributed by atoms with van der Waals surface area (Å²) in [6, 6.07) is 6.99. The third kappa shape index (κ3) is 3.47. The molecule has 2 rings (SSSR count). The SMILES string of the molecule is O=C(NCC(O)c1ccccc1Cl)C1CCCC1O. The molecule has 0 radical (unpaired) electrons. The number of amides is 1. The number of halogens is 1. The predicted molar refractivity (Wildman–Crippen MR) is 72.8 cm³/mol. The van der Waals surface area contributed by atoms with Crippen molar-refractivity contribution in [2.24, 2.45) is 5.92 Å². The molecule has 0 saturated heterocycles. The van der Waals surface area contributed by atoms with E-state index >= 15 is 0 Å². The number of rotatable bonds is 4. The van der Waals surface area contributed by atoms with Gasteiger partial charge in [0.25, 0.3) is 0 Å². The van der Waals surface area contributed by atoms with E-state index in [0.29, 0.717) is 23.4 Å². The molecular weight excluding hydrogens is 266 g/mol. The van der Waals surface area contributed by atoms with Gasteiger partial charge in [0.15, 0.2) is 0 Å². The van der Waals surface area contributed by atoms with E-state index in [1.807, 2.05) is 0 Å². The monoisotopic (exact) mass is 283 g/mol. The van der Waals surface area contributed by atoms with Crippen molar-refractivity contribution in [2.75, 3.05) is 6.54 Å². The van der Waals surface area contributed by atoms with Gasteiger partial charge < -0.3 is 15.5 Å². The van der Waals surface area contributed by atoms with Crippen LogP contribution >= 0.6 is 11.6 Å². The van der Waals surface area contributed by atoms with Crippen molar-refractivity contribution >= 4 is 17.5 Å². The fourth-order valence-corrected chi connectivity index (χ4v) is 2.69. The largest absolute Gasteiger partial charge is 0.392 e. The van der Waals surface area contributed by atoms with E-state index in [-0.39, 0.29) is 18.4 Å². The summed E-state index contributed by atoms with van der Waals surface area (Å²) in [5.74, 6) is -0.547. The van der Waals surface area contributed by atoms with Gasteiger partial charge in [-0.05, 0) is 25.3 Å². The zero-order valence-corrected chi connectivity index (χ0v) is 11.3. The van der Waals surface area contributed by atoms with E-state index in [0.717, 1.165) is 6.42 Å². The third-order valence-corrected chi connectivity index (χ3v) is 3.89. The lowest BCUT2D eigenvalue weighted by Gasteiger charge is -2.17. The number of aliphatic hydroxyl groups excluding tert-OH is 2. The molecule has 3 unspecified atom stereocenters. The highest BCUT2D eigenvalue weighted by Gasteiger charge is 2.31. The normalized spacial score (nSPS) is 24.2. The van der Waals surface area contributed by atoms with Crippen LogP contribution in [0.4, 0.5) is 0 Å². The number of hydrogen-bond donors (Lipinski definition) is 3. The van der Waals surface area contributed by atoms with Gasteiger partial charge in [-0.3, -0.25) is 4.79 Å². The van der Waals surface area contributed by atoms with Crippen LogP contribution in [0.2, 0.25) is 5.02 Å². The first-order chi connectivity index (χ1) is 9.09. The van der Waals surface area contributed by atoms with Crippen molar-refractivity contribution in [1.82, 2.24) is 5.32 Å². The number of aliphatic hydroxyl groups is 2. The first-order valence-corrected chi connectivity index (χ1v) is 6.85. The van der Waals surface area contributed by atoms with Crippen LogP contribution < -0.4 is 5.32 Å². The molecule has 1 fully saturated rings. The summed E-state index contributed by atoms with van der Waals surface area (Å²) in [5.41, 5.74) is 0.594. The zero-order valence-electron chi connectivity index (χ0n) is 10.6. The van der Waals surface area contributed by atoms with Crippen molar-refractivity contribution < 1.29 is 15.0 Å². The molecule has 19 heavy (non-hydrogen) atoms. The van der Waals surface area contributed by atoms with Gasteiger partial charge in [0.2, 0.25) is 5.91 Å². The van der Waals surface area contributed by atoms with Crippen LogP contribution in [0.1, 0.15) is 30.9 Å². The Morgan fingerprint density at radius 1 is 1.42 bits per heavy atom. The van der Waals surface area contributed by atoms with Gasteiger partial charge in [-0.1, -0.05) is 29.8 Å². The fourth-order valence-electron chi connectivity index (χ4n) is 2.43. The Kier molecular flexibility index (Phi) is 4.80. The van der Waals surface area contributed by atoms with Crippen LogP contribution in [0.3, 0.4) is 0 Å². The van der Waals surface area contributed by atoms with Crippen molar-refractivity contribution in [2.45, 2.75) is 31.5 Å². The number of nitrogens with one attached hydrogen (secondary N) is 1. The molecule has 0 aliphatic heterocycles. The Morgan fingerprint density at radius 3 is 2.79 bits per heavy atom. The van der Waals surface area contributed by atoms with E-state index < -0.39 is 12.2 Å². The topological polar surface area (TPSA) is 69.6 Å². The summed E-state index contributed by atoms with van der Waals surface area (Å²) in [7, 11) is 0. The molecule has 1 saturated carbocycles. The van der Waals surface area contributed by atoms with Crippen molar-refractivity contribution in [3.63, 3.8) is 0 Å². The molecule has 1 aromatic carbocycles. The summed E-state index contributed by atoms with van der Waals surface area (Å²) >= 11 is 5.97. The van der Waals surface area contributed by atoms with Crippen molar-refractivity contribution in [3.05, 3.63) is 34.9 Å². The molecule has 4 nitrogen and oxygen atoms in total. The van der Waals surface area contributed by atoms with Gasteiger partial charge >= 0.3 is 0 Å². The van der Waals surface area contributed by atoms with Crippen LogP contribution in [0.5, 0.6) is 0 Å². The number of carbonyl (C=O) groups is 1. The Bertz CT molecular complexity index is 452. The van der Waals surface area contributed by atoms with Crippen LogP contribution in [0.15, 0.2) is 24.3 Å². The van der Waals surface area contributed by atoms with E-state index in [2.05, 4.69) is 5.32 Å². The third-order valence-electron chi connectivity index (χ3n) is 3.55. The molecular formula is C14H18ClNO3. The van der Waals surface area contributed by atoms with Crippen LogP contribution in [-0.2, 0) is 4.79 Å². The maximum Gasteiger partial charge on any atom is 0.225 e. The molecule has 104 valence electrons. The van der Waals surface area contributed by atoms with Gasteiger partial charge in [0, 0.05) is 17.1 Å². The first-order valence-electron chi connectivity index (χ1n) is 6.48. The summed E-state index contributed by atoms with van der Waals surface area (Å²) in [4.78, 5) is 11.9. The predicted octanol–water partition coefficient (Wildman–Crippen LogP) is 1.65. The molecule has 3 N–H and O–H groups in total. The molecule has 3 atom stereocenters. The standard InChI is InChI=1S/C14H18ClNO3/c15-11-6-2-1-4-9(11)13(18)8-16-14(19)10-5-3-7-12(10)17/h1-2,4,6,10,12-13,17-18H,3,5,7-8H2,(H,16,19). The quantitative estimate of drug-likeness (QED) is 0.787. The van der Waals surface area contributed by atoms with Crippen LogP contribution in [0.25, 0.3) is 0 Å². The second kappa shape index (κ2) is 6.37. The van der Waals surface area contributed by atoms with Gasteiger partial charge in [-0.15, -0.1) is 0 Å². The molecule has 1 amide bonds. The molecule has 0 spiro atoms. The molecule has 1 aliphatic carbocycles. The Hall–Kier alpha value is -1.10. The van der Waals surface area contributed by atoms with Gasteiger partial charge in [-0.2, -0.15) is 0 Å². The summed E-state index contributed by atoms with van der Waals surface area (Å²) in [6.45, 7) is 0.103. The van der Waals surface area contributed by atoms with E-state index in [1.54, 1.807) is 24.3 Å². The molecule has 0 aromatic heterocycles. The minimum atomic E-state index is -0.837. The summed E-state index contributed by atoms with van der Waals surface area (Å²) in [6.07, 6.45) is 0.848. The second-order valence-electron chi connectivity index (χ2n) is 4.89. The number of benzene rings is 1. The zero-order chi connectivity index (χ0) is 13.8. The highest BCUT2D eigenvalue weighted by molar-refractivity contribution is 6.31. The molecule has 0 bridgehead atoms. The Balaban J connectivity index is 1.88. The minimum Gasteiger partial charge on any atom is -0.392 e. The van der Waals surface area contributed by atoms with Gasteiger partial charge in [0.1, 0.15) is 0 Å². The Labute approximate surface area is 117 Å². The lowest BCUT2D eigenvalue weighted by molar-refractivity contribution is -0.128. The molecule has 0 heterocycles. The van der Waals surface area contributed by atoms with E-state index in [4.69, 9.17) is 11.6 Å². The van der Waals surface area contributed by atoms with Crippen LogP contribution in [-0.4, -0.2) is 28.8 Å². The Morgan fingerprint density at radius 2 is 2.16 bits per heavy atom. The average molecular weight is 284 g/mol. The summed E-state index contributed by atoms with van der Waals surface area (Å²) < 4.78 is 0. The molecule has 1 aliphatic rings. The van der Waals surface area contributed by atoms with Gasteiger partial charge in [-0.25, -0.2) is 0 Å². The van der Waals surface area contributed by atoms with Crippen molar-refractivity contribution in [3.8, 4) is 0 Å². The molecule has 5 heteroatoms. The molecule has 1 aromatic rings. The number of hydrogen-bond acceptors (Lipinski definition) is 3. The summed E-state index contributed by atoms with van der Waals surface area (Å²) in [5, 5.41) is 22.8. The highest BCUT2D eigenvalue weighted by atomic mass is 35.5. The highest BCUT2D eigenvalue weighted by Crippen LogP contribution is 2.26. The number of carbonyl (C=O) groups excluding carboxylic acids is 1. The second-order valence-corrected chi connectivity index (χ2v) is 5.29. The lowest BCUT2D eigenvalue weighted by Crippen LogP contribution is -2.37. The average Bonchev–Trinajstić information content (AvgIpc) is 2.82. The van der Waals surface area contributed by atoms with Crippen molar-refractivity contribution in [1.29, 1.82) is 0 Å². The van der Waals surface area contributed by atoms with E-state index in [9.17, 15) is 15.0 Å². The smallest absolute Gasteiger partial charge is 0.225 e. The van der Waals surface area contributed by atoms with Gasteiger partial charge in [0.05, 0.1) is 18.1 Å².